The van der Waals surface area contributed by atoms with E-state index in [1.165, 1.54) is 24.1 Å². The number of rotatable bonds is 0. The lowest BCUT2D eigenvalue weighted by molar-refractivity contribution is 0.121. The Morgan fingerprint density at radius 2 is 1.61 bits per heavy atom. The lowest BCUT2D eigenvalue weighted by atomic mass is 9.83. The summed E-state index contributed by atoms with van der Waals surface area (Å²) < 4.78 is 0. The summed E-state index contributed by atoms with van der Waals surface area (Å²) in [4.78, 5) is 2.58. The van der Waals surface area contributed by atoms with Crippen molar-refractivity contribution in [1.29, 1.82) is 0 Å². The Bertz CT molecular complexity index is 432. The third-order valence-corrected chi connectivity index (χ3v) is 4.03. The summed E-state index contributed by atoms with van der Waals surface area (Å²) >= 11 is 0. The van der Waals surface area contributed by atoms with Crippen LogP contribution in [0.4, 0.5) is 0 Å². The Morgan fingerprint density at radius 3 is 2.17 bits per heavy atom. The van der Waals surface area contributed by atoms with Crippen LogP contribution in [0.25, 0.3) is 0 Å². The molecular weight excluding hydrogens is 218 g/mol. The highest BCUT2D eigenvalue weighted by Gasteiger charge is 2.26. The summed E-state index contributed by atoms with van der Waals surface area (Å²) in [6, 6.07) is 7.08. The van der Waals surface area contributed by atoms with Gasteiger partial charge < -0.3 is 0 Å². The normalized spacial score (nSPS) is 17.7. The van der Waals surface area contributed by atoms with E-state index in [1.54, 1.807) is 5.56 Å². The van der Waals surface area contributed by atoms with Crippen LogP contribution in [-0.4, -0.2) is 17.0 Å². The minimum absolute atomic E-state index is 0.260. The van der Waals surface area contributed by atoms with Gasteiger partial charge in [-0.25, -0.2) is 0 Å². The van der Waals surface area contributed by atoms with Gasteiger partial charge in [-0.15, -0.1) is 0 Å². The first-order valence-corrected chi connectivity index (χ1v) is 7.05. The van der Waals surface area contributed by atoms with Crippen molar-refractivity contribution in [2.24, 2.45) is 0 Å². The average Bonchev–Trinajstić information content (AvgIpc) is 2.25. The van der Waals surface area contributed by atoms with E-state index in [9.17, 15) is 0 Å². The summed E-state index contributed by atoms with van der Waals surface area (Å²) in [7, 11) is 0. The Kier molecular flexibility index (Phi) is 3.31. The van der Waals surface area contributed by atoms with Gasteiger partial charge in [0.25, 0.3) is 0 Å². The maximum atomic E-state index is 2.58. The molecule has 1 aromatic carbocycles. The molecule has 2 rings (SSSR count). The highest BCUT2D eigenvalue weighted by molar-refractivity contribution is 5.36. The van der Waals surface area contributed by atoms with Gasteiger partial charge in [0.1, 0.15) is 0 Å². The summed E-state index contributed by atoms with van der Waals surface area (Å²) in [6.07, 6.45) is 1.19. The van der Waals surface area contributed by atoms with E-state index in [0.717, 1.165) is 6.54 Å². The van der Waals surface area contributed by atoms with Gasteiger partial charge in [-0.2, -0.15) is 0 Å². The third kappa shape index (κ3) is 2.77. The first-order chi connectivity index (χ1) is 8.18. The molecule has 1 nitrogen and oxygen atoms in total. The van der Waals surface area contributed by atoms with Crippen LogP contribution in [0.5, 0.6) is 0 Å². The molecule has 0 atom stereocenters. The molecule has 1 aliphatic rings. The second kappa shape index (κ2) is 4.38. The average molecular weight is 245 g/mol. The lowest BCUT2D eigenvalue weighted by Crippen LogP contribution is -2.44. The van der Waals surface area contributed by atoms with Crippen molar-refractivity contribution >= 4 is 0 Å². The van der Waals surface area contributed by atoms with Crippen molar-refractivity contribution < 1.29 is 0 Å². The largest absolute Gasteiger partial charge is 0.294 e. The van der Waals surface area contributed by atoms with E-state index in [1.807, 2.05) is 0 Å². The Balaban J connectivity index is 2.27. The van der Waals surface area contributed by atoms with E-state index < -0.39 is 0 Å². The number of benzene rings is 1. The van der Waals surface area contributed by atoms with Crippen molar-refractivity contribution in [3.8, 4) is 0 Å². The molecule has 0 unspecified atom stereocenters. The number of fused-ring (bicyclic) bond motifs is 1. The highest BCUT2D eigenvalue weighted by Crippen LogP contribution is 2.29. The number of hydrogen-bond donors (Lipinski definition) is 0. The molecule has 0 saturated carbocycles. The first kappa shape index (κ1) is 13.6. The zero-order chi connectivity index (χ0) is 13.6. The molecule has 1 aliphatic heterocycles. The van der Waals surface area contributed by atoms with Crippen molar-refractivity contribution in [1.82, 2.24) is 4.90 Å². The monoisotopic (exact) mass is 245 g/mol. The minimum atomic E-state index is 0.260. The smallest absolute Gasteiger partial charge is 0.0241 e. The second-order valence-corrected chi connectivity index (χ2v) is 7.58. The minimum Gasteiger partial charge on any atom is -0.294 e. The van der Waals surface area contributed by atoms with Crippen LogP contribution >= 0.6 is 0 Å². The topological polar surface area (TPSA) is 3.24 Å². The van der Waals surface area contributed by atoms with Gasteiger partial charge in [-0.3, -0.25) is 4.90 Å². The summed E-state index contributed by atoms with van der Waals surface area (Å²) in [5, 5.41) is 0. The van der Waals surface area contributed by atoms with Crippen LogP contribution in [0.2, 0.25) is 0 Å². The van der Waals surface area contributed by atoms with Crippen LogP contribution in [-0.2, 0) is 18.4 Å². The molecule has 0 amide bonds. The first-order valence-electron chi connectivity index (χ1n) is 7.05. The molecule has 1 heteroatoms. The van der Waals surface area contributed by atoms with Gasteiger partial charge in [0.2, 0.25) is 0 Å². The molecule has 1 aromatic rings. The van der Waals surface area contributed by atoms with Gasteiger partial charge in [0.05, 0.1) is 0 Å². The maximum Gasteiger partial charge on any atom is 0.0241 e. The molecule has 1 heterocycles. The predicted molar refractivity (Wildman–Crippen MR) is 79.0 cm³/mol. The van der Waals surface area contributed by atoms with Gasteiger partial charge in [-0.05, 0) is 49.3 Å². The molecule has 0 bridgehead atoms. The number of hydrogen-bond acceptors (Lipinski definition) is 1. The van der Waals surface area contributed by atoms with E-state index >= 15 is 0 Å². The summed E-state index contributed by atoms with van der Waals surface area (Å²) in [5.74, 6) is 0. The van der Waals surface area contributed by atoms with Crippen LogP contribution < -0.4 is 0 Å². The van der Waals surface area contributed by atoms with E-state index in [0.29, 0.717) is 0 Å². The van der Waals surface area contributed by atoms with Gasteiger partial charge in [-0.1, -0.05) is 39.0 Å². The van der Waals surface area contributed by atoms with Crippen LogP contribution in [0.15, 0.2) is 18.2 Å². The van der Waals surface area contributed by atoms with Crippen molar-refractivity contribution in [3.05, 3.63) is 34.9 Å². The standard InChI is InChI=1S/C17H27N/c1-16(2,3)15-8-7-14-12-18(17(4,5)6)10-9-13(14)11-15/h7-8,11H,9-10,12H2,1-6H3. The van der Waals surface area contributed by atoms with E-state index in [4.69, 9.17) is 0 Å². The highest BCUT2D eigenvalue weighted by atomic mass is 15.2. The fourth-order valence-corrected chi connectivity index (χ4v) is 2.59. The summed E-state index contributed by atoms with van der Waals surface area (Å²) in [5.41, 5.74) is 5.08. The summed E-state index contributed by atoms with van der Waals surface area (Å²) in [6.45, 7) is 16.1. The van der Waals surface area contributed by atoms with Gasteiger partial charge in [0.15, 0.2) is 0 Å². The van der Waals surface area contributed by atoms with Crippen molar-refractivity contribution in [2.45, 2.75) is 65.5 Å². The molecular formula is C17H27N. The predicted octanol–water partition coefficient (Wildman–Crippen LogP) is 4.14. The van der Waals surface area contributed by atoms with Crippen molar-refractivity contribution in [2.75, 3.05) is 6.54 Å². The molecule has 0 N–H and O–H groups in total. The Labute approximate surface area is 112 Å². The Hall–Kier alpha value is -0.820. The third-order valence-electron chi connectivity index (χ3n) is 4.03. The maximum absolute atomic E-state index is 2.58. The molecule has 0 spiro atoms. The lowest BCUT2D eigenvalue weighted by Gasteiger charge is -2.39. The zero-order valence-corrected chi connectivity index (χ0v) is 12.8. The zero-order valence-electron chi connectivity index (χ0n) is 12.8. The van der Waals surface area contributed by atoms with Crippen molar-refractivity contribution in [3.63, 3.8) is 0 Å². The molecule has 0 saturated heterocycles. The molecule has 0 aromatic heterocycles. The molecule has 0 fully saturated rings. The van der Waals surface area contributed by atoms with Crippen LogP contribution in [0.1, 0.15) is 58.2 Å². The second-order valence-electron chi connectivity index (χ2n) is 7.58. The molecule has 0 radical (unpaired) electrons. The fraction of sp³-hybridized carbons (Fsp3) is 0.647. The SMILES string of the molecule is CC(C)(C)c1ccc2c(c1)CCN(C(C)(C)C)C2. The van der Waals surface area contributed by atoms with E-state index in [-0.39, 0.29) is 11.0 Å². The van der Waals surface area contributed by atoms with Crippen LogP contribution in [0.3, 0.4) is 0 Å². The molecule has 0 aliphatic carbocycles. The van der Waals surface area contributed by atoms with E-state index in [2.05, 4.69) is 64.6 Å². The fourth-order valence-electron chi connectivity index (χ4n) is 2.59. The van der Waals surface area contributed by atoms with Gasteiger partial charge >= 0.3 is 0 Å². The van der Waals surface area contributed by atoms with Crippen LogP contribution in [0, 0.1) is 0 Å². The Morgan fingerprint density at radius 1 is 0.944 bits per heavy atom. The molecule has 18 heavy (non-hydrogen) atoms. The number of nitrogens with zero attached hydrogens (tertiary/aromatic N) is 1. The van der Waals surface area contributed by atoms with Gasteiger partial charge in [0, 0.05) is 18.6 Å². The molecule has 100 valence electrons. The quantitative estimate of drug-likeness (QED) is 0.664.